The number of rotatable bonds is 5. The monoisotopic (exact) mass is 319 g/mol. The molecule has 22 heavy (non-hydrogen) atoms. The lowest BCUT2D eigenvalue weighted by Gasteiger charge is -2.16. The van der Waals surface area contributed by atoms with E-state index in [2.05, 4.69) is 28.5 Å². The Morgan fingerprint density at radius 3 is 3.23 bits per heavy atom. The molecule has 0 fully saturated rings. The summed E-state index contributed by atoms with van der Waals surface area (Å²) in [6.45, 7) is 3.20. The number of H-pyrrole nitrogens is 1. The number of hydrogen-bond acceptors (Lipinski definition) is 4. The first kappa shape index (κ1) is 15.2. The molecule has 3 rings (SSSR count). The van der Waals surface area contributed by atoms with Gasteiger partial charge in [-0.25, -0.2) is 0 Å². The van der Waals surface area contributed by atoms with Gasteiger partial charge in [-0.15, -0.1) is 11.3 Å². The molecule has 0 aliphatic heterocycles. The maximum absolute atomic E-state index is 12.3. The molecule has 0 saturated carbocycles. The van der Waals surface area contributed by atoms with Crippen LogP contribution in [0.4, 0.5) is 0 Å². The molecule has 2 aromatic rings. The van der Waals surface area contributed by atoms with Crippen LogP contribution in [0.1, 0.15) is 44.8 Å². The lowest BCUT2D eigenvalue weighted by molar-refractivity contribution is 0.0954. The SMILES string of the molecule is COCc1cc(CNC(=O)c2cc3c(s2)CCC(C)C3)[nH]n1. The molecule has 2 N–H and O–H groups in total. The Bertz CT molecular complexity index is 662. The number of amides is 1. The van der Waals surface area contributed by atoms with E-state index >= 15 is 0 Å². The number of carbonyl (C=O) groups excluding carboxylic acids is 1. The summed E-state index contributed by atoms with van der Waals surface area (Å²) < 4.78 is 5.02. The number of ether oxygens (including phenoxy) is 1. The van der Waals surface area contributed by atoms with Crippen molar-refractivity contribution in [1.82, 2.24) is 15.5 Å². The van der Waals surface area contributed by atoms with Crippen LogP contribution >= 0.6 is 11.3 Å². The first-order chi connectivity index (χ1) is 10.7. The molecular weight excluding hydrogens is 298 g/mol. The minimum Gasteiger partial charge on any atom is -0.378 e. The second-order valence-electron chi connectivity index (χ2n) is 5.91. The van der Waals surface area contributed by atoms with Crippen LogP contribution in [0.3, 0.4) is 0 Å². The molecule has 0 radical (unpaired) electrons. The third-order valence-electron chi connectivity index (χ3n) is 3.97. The Kier molecular flexibility index (Phi) is 4.59. The Balaban J connectivity index is 1.60. The van der Waals surface area contributed by atoms with Crippen LogP contribution in [0.25, 0.3) is 0 Å². The number of aryl methyl sites for hydroxylation is 1. The highest BCUT2D eigenvalue weighted by Gasteiger charge is 2.20. The first-order valence-corrected chi connectivity index (χ1v) is 8.39. The minimum absolute atomic E-state index is 0.00468. The van der Waals surface area contributed by atoms with Gasteiger partial charge in [-0.1, -0.05) is 6.92 Å². The van der Waals surface area contributed by atoms with E-state index in [1.807, 2.05) is 6.07 Å². The first-order valence-electron chi connectivity index (χ1n) is 7.57. The van der Waals surface area contributed by atoms with Crippen molar-refractivity contribution in [3.8, 4) is 0 Å². The third-order valence-corrected chi connectivity index (χ3v) is 5.20. The summed E-state index contributed by atoms with van der Waals surface area (Å²) in [7, 11) is 1.63. The molecule has 0 spiro atoms. The summed E-state index contributed by atoms with van der Waals surface area (Å²) >= 11 is 1.64. The topological polar surface area (TPSA) is 67.0 Å². The lowest BCUT2D eigenvalue weighted by atomic mass is 9.90. The van der Waals surface area contributed by atoms with Crippen LogP contribution in [-0.2, 0) is 30.7 Å². The van der Waals surface area contributed by atoms with Gasteiger partial charge in [0.2, 0.25) is 0 Å². The van der Waals surface area contributed by atoms with E-state index in [1.165, 1.54) is 16.9 Å². The van der Waals surface area contributed by atoms with Crippen molar-refractivity contribution in [2.24, 2.45) is 5.92 Å². The van der Waals surface area contributed by atoms with Crippen molar-refractivity contribution in [2.75, 3.05) is 7.11 Å². The van der Waals surface area contributed by atoms with Crippen LogP contribution in [0, 0.1) is 5.92 Å². The highest BCUT2D eigenvalue weighted by atomic mass is 32.1. The van der Waals surface area contributed by atoms with Gasteiger partial charge in [-0.3, -0.25) is 9.89 Å². The van der Waals surface area contributed by atoms with E-state index in [9.17, 15) is 4.79 Å². The van der Waals surface area contributed by atoms with Gasteiger partial charge >= 0.3 is 0 Å². The second-order valence-corrected chi connectivity index (χ2v) is 7.04. The van der Waals surface area contributed by atoms with Crippen molar-refractivity contribution >= 4 is 17.2 Å². The van der Waals surface area contributed by atoms with Gasteiger partial charge in [0.25, 0.3) is 5.91 Å². The second kappa shape index (κ2) is 6.62. The van der Waals surface area contributed by atoms with Crippen molar-refractivity contribution < 1.29 is 9.53 Å². The standard InChI is InChI=1S/C16H21N3O2S/c1-10-3-4-14-11(5-10)6-15(22-14)16(20)17-8-12-7-13(9-21-2)19-18-12/h6-7,10H,3-5,8-9H2,1-2H3,(H,17,20)(H,18,19). The maximum atomic E-state index is 12.3. The van der Waals surface area contributed by atoms with Crippen LogP contribution in [0.15, 0.2) is 12.1 Å². The van der Waals surface area contributed by atoms with E-state index in [0.717, 1.165) is 35.0 Å². The number of hydrogen-bond donors (Lipinski definition) is 2. The minimum atomic E-state index is -0.00468. The molecule has 0 bridgehead atoms. The molecule has 2 aromatic heterocycles. The average molecular weight is 319 g/mol. The zero-order chi connectivity index (χ0) is 15.5. The molecule has 1 amide bonds. The summed E-state index contributed by atoms with van der Waals surface area (Å²) in [5, 5.41) is 9.98. The predicted molar refractivity (Wildman–Crippen MR) is 86.0 cm³/mol. The highest BCUT2D eigenvalue weighted by molar-refractivity contribution is 7.14. The molecule has 0 saturated heterocycles. The van der Waals surface area contributed by atoms with Crippen molar-refractivity contribution in [1.29, 1.82) is 0 Å². The number of aromatic nitrogens is 2. The maximum Gasteiger partial charge on any atom is 0.261 e. The number of nitrogens with one attached hydrogen (secondary N) is 2. The summed E-state index contributed by atoms with van der Waals surface area (Å²) in [4.78, 5) is 14.5. The van der Waals surface area contributed by atoms with Gasteiger partial charge in [-0.2, -0.15) is 5.10 Å². The van der Waals surface area contributed by atoms with E-state index in [4.69, 9.17) is 4.74 Å². The zero-order valence-electron chi connectivity index (χ0n) is 12.9. The number of methoxy groups -OCH3 is 1. The summed E-state index contributed by atoms with van der Waals surface area (Å²) in [6.07, 6.45) is 3.43. The van der Waals surface area contributed by atoms with Crippen LogP contribution in [-0.4, -0.2) is 23.2 Å². The quantitative estimate of drug-likeness (QED) is 0.890. The molecule has 1 atom stereocenters. The molecule has 6 heteroatoms. The molecule has 5 nitrogen and oxygen atoms in total. The van der Waals surface area contributed by atoms with E-state index in [-0.39, 0.29) is 5.91 Å². The Labute approximate surface area is 134 Å². The van der Waals surface area contributed by atoms with Crippen molar-refractivity contribution in [3.63, 3.8) is 0 Å². The van der Waals surface area contributed by atoms with Crippen LogP contribution in [0.2, 0.25) is 0 Å². The van der Waals surface area contributed by atoms with E-state index in [0.29, 0.717) is 13.2 Å². The van der Waals surface area contributed by atoms with Crippen molar-refractivity contribution in [2.45, 2.75) is 39.3 Å². The average Bonchev–Trinajstić information content (AvgIpc) is 3.11. The summed E-state index contributed by atoms with van der Waals surface area (Å²) in [5.74, 6) is 0.720. The normalized spacial score (nSPS) is 17.3. The fourth-order valence-corrected chi connectivity index (χ4v) is 3.93. The summed E-state index contributed by atoms with van der Waals surface area (Å²) in [5.41, 5.74) is 3.08. The van der Waals surface area contributed by atoms with Crippen LogP contribution in [0.5, 0.6) is 0 Å². The molecule has 0 aromatic carbocycles. The van der Waals surface area contributed by atoms with Gasteiger partial charge < -0.3 is 10.1 Å². The molecule has 2 heterocycles. The third kappa shape index (κ3) is 3.39. The van der Waals surface area contributed by atoms with Gasteiger partial charge in [-0.05, 0) is 42.9 Å². The Morgan fingerprint density at radius 2 is 2.41 bits per heavy atom. The molecule has 1 aliphatic carbocycles. The van der Waals surface area contributed by atoms with Crippen molar-refractivity contribution in [3.05, 3.63) is 38.8 Å². The molecule has 1 unspecified atom stereocenters. The number of thiophene rings is 1. The zero-order valence-corrected chi connectivity index (χ0v) is 13.8. The number of fused-ring (bicyclic) bond motifs is 1. The largest absolute Gasteiger partial charge is 0.378 e. The molecule has 118 valence electrons. The predicted octanol–water partition coefficient (Wildman–Crippen LogP) is 2.67. The molecule has 1 aliphatic rings. The van der Waals surface area contributed by atoms with E-state index in [1.54, 1.807) is 18.4 Å². The number of aromatic amines is 1. The number of nitrogens with zero attached hydrogens (tertiary/aromatic N) is 1. The smallest absolute Gasteiger partial charge is 0.261 e. The lowest BCUT2D eigenvalue weighted by Crippen LogP contribution is -2.22. The fourth-order valence-electron chi connectivity index (χ4n) is 2.80. The Hall–Kier alpha value is -1.66. The highest BCUT2D eigenvalue weighted by Crippen LogP contribution is 2.32. The van der Waals surface area contributed by atoms with E-state index < -0.39 is 0 Å². The van der Waals surface area contributed by atoms with Gasteiger partial charge in [0, 0.05) is 12.0 Å². The van der Waals surface area contributed by atoms with Crippen LogP contribution < -0.4 is 5.32 Å². The Morgan fingerprint density at radius 1 is 1.55 bits per heavy atom. The fraction of sp³-hybridized carbons (Fsp3) is 0.500. The van der Waals surface area contributed by atoms with Gasteiger partial charge in [0.05, 0.1) is 29.4 Å². The summed E-state index contributed by atoms with van der Waals surface area (Å²) in [6, 6.07) is 3.97. The molecular formula is C16H21N3O2S. The number of carbonyl (C=O) groups is 1. The van der Waals surface area contributed by atoms with Gasteiger partial charge in [0.15, 0.2) is 0 Å². The van der Waals surface area contributed by atoms with Gasteiger partial charge in [0.1, 0.15) is 0 Å².